The van der Waals surface area contributed by atoms with Gasteiger partial charge in [-0.25, -0.2) is 0 Å². The summed E-state index contributed by atoms with van der Waals surface area (Å²) in [6, 6.07) is 8.98. The van der Waals surface area contributed by atoms with E-state index >= 15 is 0 Å². The zero-order chi connectivity index (χ0) is 26.6. The fourth-order valence-electron chi connectivity index (χ4n) is 3.69. The van der Waals surface area contributed by atoms with Crippen LogP contribution in [0.25, 0.3) is 11.1 Å². The number of nitrogens with two attached hydrogens (primary N) is 2. The third kappa shape index (κ3) is 10.1. The Labute approximate surface area is 207 Å². The normalized spacial score (nSPS) is 14.4. The van der Waals surface area contributed by atoms with Gasteiger partial charge in [-0.05, 0) is 69.0 Å². The van der Waals surface area contributed by atoms with Crippen LogP contribution in [0.3, 0.4) is 0 Å². The second-order valence-corrected chi connectivity index (χ2v) is 12.5. The molecule has 0 unspecified atom stereocenters. The van der Waals surface area contributed by atoms with Gasteiger partial charge in [0.25, 0.3) is 20.2 Å². The summed E-state index contributed by atoms with van der Waals surface area (Å²) < 4.78 is 74.7. The first-order valence-corrected chi connectivity index (χ1v) is 14.1. The highest BCUT2D eigenvalue weighted by molar-refractivity contribution is 7.86. The molecule has 0 bridgehead atoms. The molecule has 0 heterocycles. The van der Waals surface area contributed by atoms with Gasteiger partial charge in [0.15, 0.2) is 0 Å². The van der Waals surface area contributed by atoms with Crippen LogP contribution in [0, 0.1) is 0 Å². The number of hydrogen-bond donors (Lipinski definition) is 4. The lowest BCUT2D eigenvalue weighted by Crippen LogP contribution is -2.31. The Balaban J connectivity index is 2.54. The minimum absolute atomic E-state index is 0.184. The SMILES string of the molecule is COc1ccc(C[C@H](N)CS(=O)(=O)O)cc1-c1cc(C[C@H](N)CS(=O)(=O)O)ccc1OC(C)(C)C. The van der Waals surface area contributed by atoms with Crippen molar-refractivity contribution in [3.05, 3.63) is 47.5 Å². The highest BCUT2D eigenvalue weighted by Gasteiger charge is 2.21. The Morgan fingerprint density at radius 2 is 1.20 bits per heavy atom. The third-order valence-corrected chi connectivity index (χ3v) is 6.56. The first-order valence-electron chi connectivity index (χ1n) is 10.9. The largest absolute Gasteiger partial charge is 0.496 e. The fourth-order valence-corrected chi connectivity index (χ4v) is 5.01. The number of ether oxygens (including phenoxy) is 2. The van der Waals surface area contributed by atoms with E-state index in [-0.39, 0.29) is 12.8 Å². The lowest BCUT2D eigenvalue weighted by molar-refractivity contribution is 0.131. The molecule has 0 saturated heterocycles. The van der Waals surface area contributed by atoms with Gasteiger partial charge in [-0.15, -0.1) is 0 Å². The Morgan fingerprint density at radius 3 is 1.57 bits per heavy atom. The molecule has 12 heteroatoms. The van der Waals surface area contributed by atoms with Gasteiger partial charge in [0.1, 0.15) is 17.1 Å². The van der Waals surface area contributed by atoms with Gasteiger partial charge >= 0.3 is 0 Å². The minimum Gasteiger partial charge on any atom is -0.496 e. The summed E-state index contributed by atoms with van der Waals surface area (Å²) >= 11 is 0. The maximum Gasteiger partial charge on any atom is 0.266 e. The molecule has 196 valence electrons. The molecular formula is C23H34N2O8S2. The number of hydrogen-bond acceptors (Lipinski definition) is 8. The zero-order valence-corrected chi connectivity index (χ0v) is 21.9. The van der Waals surface area contributed by atoms with E-state index in [1.807, 2.05) is 26.8 Å². The Hall–Kier alpha value is -2.22. The van der Waals surface area contributed by atoms with E-state index in [1.54, 1.807) is 30.3 Å². The zero-order valence-electron chi connectivity index (χ0n) is 20.3. The van der Waals surface area contributed by atoms with Gasteiger partial charge in [0.2, 0.25) is 0 Å². The topological polar surface area (TPSA) is 179 Å². The van der Waals surface area contributed by atoms with Crippen molar-refractivity contribution in [2.45, 2.75) is 51.3 Å². The summed E-state index contributed by atoms with van der Waals surface area (Å²) in [5.41, 5.74) is 14.0. The third-order valence-electron chi connectivity index (χ3n) is 4.86. The molecule has 0 fully saturated rings. The van der Waals surface area contributed by atoms with Gasteiger partial charge in [0.05, 0.1) is 18.6 Å². The second-order valence-electron chi connectivity index (χ2n) is 9.51. The van der Waals surface area contributed by atoms with E-state index in [0.29, 0.717) is 33.8 Å². The van der Waals surface area contributed by atoms with E-state index in [9.17, 15) is 16.8 Å². The highest BCUT2D eigenvalue weighted by atomic mass is 32.2. The summed E-state index contributed by atoms with van der Waals surface area (Å²) in [6.07, 6.45) is 0.370. The molecular weight excluding hydrogens is 496 g/mol. The lowest BCUT2D eigenvalue weighted by atomic mass is 9.95. The van der Waals surface area contributed by atoms with Crippen molar-refractivity contribution in [2.75, 3.05) is 18.6 Å². The molecule has 6 N–H and O–H groups in total. The van der Waals surface area contributed by atoms with Crippen molar-refractivity contribution in [1.29, 1.82) is 0 Å². The minimum atomic E-state index is -4.22. The van der Waals surface area contributed by atoms with Gasteiger partial charge in [-0.2, -0.15) is 16.8 Å². The number of benzene rings is 2. The van der Waals surface area contributed by atoms with Crippen LogP contribution in [-0.4, -0.2) is 62.2 Å². The fraction of sp³-hybridized carbons (Fsp3) is 0.478. The van der Waals surface area contributed by atoms with Crippen LogP contribution in [0.1, 0.15) is 31.9 Å². The van der Waals surface area contributed by atoms with Crippen molar-refractivity contribution in [2.24, 2.45) is 11.5 Å². The molecule has 2 aromatic rings. The monoisotopic (exact) mass is 530 g/mol. The molecule has 10 nitrogen and oxygen atoms in total. The van der Waals surface area contributed by atoms with E-state index < -0.39 is 49.4 Å². The highest BCUT2D eigenvalue weighted by Crippen LogP contribution is 2.39. The summed E-state index contributed by atoms with van der Waals surface area (Å²) in [7, 11) is -6.93. The lowest BCUT2D eigenvalue weighted by Gasteiger charge is -2.25. The summed E-state index contributed by atoms with van der Waals surface area (Å²) in [4.78, 5) is 0. The van der Waals surface area contributed by atoms with Crippen LogP contribution in [0.15, 0.2) is 36.4 Å². The van der Waals surface area contributed by atoms with Crippen LogP contribution in [0.2, 0.25) is 0 Å². The summed E-state index contributed by atoms with van der Waals surface area (Å²) in [5, 5.41) is 0. The van der Waals surface area contributed by atoms with Gasteiger partial charge in [-0.3, -0.25) is 9.11 Å². The van der Waals surface area contributed by atoms with Crippen LogP contribution in [0.4, 0.5) is 0 Å². The quantitative estimate of drug-likeness (QED) is 0.314. The molecule has 35 heavy (non-hydrogen) atoms. The Kier molecular flexibility index (Phi) is 9.31. The van der Waals surface area contributed by atoms with E-state index in [2.05, 4.69) is 0 Å². The molecule has 0 aliphatic carbocycles. The first kappa shape index (κ1) is 29.0. The smallest absolute Gasteiger partial charge is 0.266 e. The van der Waals surface area contributed by atoms with Crippen molar-refractivity contribution in [1.82, 2.24) is 0 Å². The van der Waals surface area contributed by atoms with Crippen molar-refractivity contribution < 1.29 is 35.4 Å². The van der Waals surface area contributed by atoms with Crippen molar-refractivity contribution in [3.63, 3.8) is 0 Å². The molecule has 0 aromatic heterocycles. The van der Waals surface area contributed by atoms with Crippen molar-refractivity contribution >= 4 is 20.2 Å². The van der Waals surface area contributed by atoms with Crippen molar-refractivity contribution in [3.8, 4) is 22.6 Å². The van der Waals surface area contributed by atoms with Crippen LogP contribution in [-0.2, 0) is 33.1 Å². The molecule has 2 atom stereocenters. The average molecular weight is 531 g/mol. The van der Waals surface area contributed by atoms with Gasteiger partial charge in [0, 0.05) is 23.2 Å². The maximum atomic E-state index is 11.2. The van der Waals surface area contributed by atoms with Crippen LogP contribution in [0.5, 0.6) is 11.5 Å². The molecule has 0 aliphatic rings. The molecule has 0 radical (unpaired) electrons. The van der Waals surface area contributed by atoms with Crippen LogP contribution >= 0.6 is 0 Å². The predicted molar refractivity (Wildman–Crippen MR) is 135 cm³/mol. The molecule has 2 aromatic carbocycles. The summed E-state index contributed by atoms with van der Waals surface area (Å²) in [6.45, 7) is 5.69. The van der Waals surface area contributed by atoms with E-state index in [4.69, 9.17) is 30.0 Å². The van der Waals surface area contributed by atoms with Gasteiger partial charge in [-0.1, -0.05) is 12.1 Å². The molecule has 0 spiro atoms. The average Bonchev–Trinajstić information content (AvgIpc) is 2.65. The number of rotatable bonds is 11. The summed E-state index contributed by atoms with van der Waals surface area (Å²) in [5.74, 6) is -0.0847. The molecule has 0 saturated carbocycles. The first-order chi connectivity index (χ1) is 16.0. The second kappa shape index (κ2) is 11.2. The standard InChI is InChI=1S/C23H34N2O8S2/c1-23(2,3)33-22-8-6-16(10-18(25)14-35(29,30)31)12-20(22)19-11-15(5-7-21(19)32-4)9-17(24)13-34(26,27)28/h5-8,11-12,17-18H,9-10,13-14,24-25H2,1-4H3,(H,26,27,28)(H,29,30,31)/t17-,18-/m0/s1. The van der Waals surface area contributed by atoms with Gasteiger partial charge < -0.3 is 20.9 Å². The molecule has 2 rings (SSSR count). The maximum absolute atomic E-state index is 11.2. The molecule has 0 aliphatic heterocycles. The number of methoxy groups -OCH3 is 1. The van der Waals surface area contributed by atoms with E-state index in [0.717, 1.165) is 0 Å². The van der Waals surface area contributed by atoms with E-state index in [1.165, 1.54) is 7.11 Å². The molecule has 0 amide bonds. The van der Waals surface area contributed by atoms with Crippen LogP contribution < -0.4 is 20.9 Å². The Bertz CT molecular complexity index is 1240. The predicted octanol–water partition coefficient (Wildman–Crippen LogP) is 2.05. The Morgan fingerprint density at radius 1 is 0.800 bits per heavy atom.